The van der Waals surface area contributed by atoms with Gasteiger partial charge in [-0.15, -0.1) is 0 Å². The van der Waals surface area contributed by atoms with Crippen LogP contribution in [0, 0.1) is 17.0 Å². The topological polar surface area (TPSA) is 64.6 Å². The molecule has 0 radical (unpaired) electrons. The molecule has 30 heavy (non-hydrogen) atoms. The number of pyridine rings is 1. The van der Waals surface area contributed by atoms with E-state index >= 15 is 0 Å². The summed E-state index contributed by atoms with van der Waals surface area (Å²) < 4.78 is 1.79. The first-order chi connectivity index (χ1) is 14.4. The lowest BCUT2D eigenvalue weighted by atomic mass is 10.1. The van der Waals surface area contributed by atoms with Gasteiger partial charge in [0.1, 0.15) is 0 Å². The molecule has 0 aliphatic rings. The highest BCUT2D eigenvalue weighted by molar-refractivity contribution is 7.99. The Hall–Kier alpha value is -2.80. The molecule has 5 nitrogen and oxygen atoms in total. The van der Waals surface area contributed by atoms with Crippen molar-refractivity contribution in [2.24, 2.45) is 0 Å². The van der Waals surface area contributed by atoms with Gasteiger partial charge in [-0.3, -0.25) is 14.9 Å². The van der Waals surface area contributed by atoms with Crippen LogP contribution in [-0.4, -0.2) is 15.1 Å². The first-order valence-corrected chi connectivity index (χ1v) is 10.5. The lowest BCUT2D eigenvalue weighted by Crippen LogP contribution is -2.07. The lowest BCUT2D eigenvalue weighted by Gasteiger charge is -2.06. The van der Waals surface area contributed by atoms with E-state index in [1.54, 1.807) is 40.9 Å². The van der Waals surface area contributed by atoms with E-state index in [4.69, 9.17) is 23.2 Å². The van der Waals surface area contributed by atoms with E-state index in [0.717, 1.165) is 16.0 Å². The molecule has 0 fully saturated rings. The van der Waals surface area contributed by atoms with Crippen LogP contribution >= 0.6 is 35.0 Å². The van der Waals surface area contributed by atoms with Gasteiger partial charge in [0.15, 0.2) is 0 Å². The van der Waals surface area contributed by atoms with Crippen LogP contribution in [0.15, 0.2) is 76.7 Å². The monoisotopic (exact) mass is 456 g/mol. The van der Waals surface area contributed by atoms with Gasteiger partial charge in [-0.25, -0.2) is 0 Å². The largest absolute Gasteiger partial charge is 0.312 e. The smallest absolute Gasteiger partial charge is 0.283 e. The van der Waals surface area contributed by atoms with E-state index < -0.39 is 4.92 Å². The summed E-state index contributed by atoms with van der Waals surface area (Å²) in [7, 11) is 0. The summed E-state index contributed by atoms with van der Waals surface area (Å²) in [6, 6.07) is 16.9. The molecule has 2 aromatic heterocycles. The molecule has 8 heteroatoms. The minimum absolute atomic E-state index is 0.0193. The fourth-order valence-electron chi connectivity index (χ4n) is 3.32. The molecule has 0 saturated heterocycles. The second-order valence-electron chi connectivity index (χ2n) is 6.54. The highest BCUT2D eigenvalue weighted by Gasteiger charge is 2.25. The number of ketones is 1. The van der Waals surface area contributed by atoms with Gasteiger partial charge in [-0.2, -0.15) is 0 Å². The number of aromatic nitrogens is 1. The van der Waals surface area contributed by atoms with Gasteiger partial charge in [0.25, 0.3) is 5.69 Å². The molecule has 2 heterocycles. The summed E-state index contributed by atoms with van der Waals surface area (Å²) >= 11 is 13.5. The molecular formula is C22H14Cl2N2O3S. The van der Waals surface area contributed by atoms with Crippen LogP contribution in [0.1, 0.15) is 21.6 Å². The first kappa shape index (κ1) is 20.5. The number of rotatable bonds is 5. The second kappa shape index (κ2) is 8.14. The van der Waals surface area contributed by atoms with Crippen LogP contribution < -0.4 is 0 Å². The Morgan fingerprint density at radius 2 is 1.80 bits per heavy atom. The Morgan fingerprint density at radius 3 is 2.53 bits per heavy atom. The van der Waals surface area contributed by atoms with Crippen molar-refractivity contribution in [2.45, 2.75) is 16.7 Å². The molecule has 4 aromatic rings. The van der Waals surface area contributed by atoms with Gasteiger partial charge in [0, 0.05) is 27.7 Å². The van der Waals surface area contributed by atoms with E-state index in [0.29, 0.717) is 21.2 Å². The highest BCUT2D eigenvalue weighted by Crippen LogP contribution is 2.41. The number of nitro groups is 1. The molecule has 0 saturated carbocycles. The van der Waals surface area contributed by atoms with Crippen molar-refractivity contribution in [1.29, 1.82) is 0 Å². The SMILES string of the molecule is Cc1c(Sc2ccccc2[N+](=O)[O-])c2ccccn2c1C(=O)c1ccc(Cl)cc1Cl. The minimum atomic E-state index is -0.407. The third-order valence-electron chi connectivity index (χ3n) is 4.69. The second-order valence-corrected chi connectivity index (χ2v) is 8.43. The Labute approximate surface area is 186 Å². The first-order valence-electron chi connectivity index (χ1n) is 8.89. The zero-order valence-corrected chi connectivity index (χ0v) is 18.0. The van der Waals surface area contributed by atoms with E-state index in [2.05, 4.69) is 0 Å². The van der Waals surface area contributed by atoms with Crippen molar-refractivity contribution >= 4 is 52.0 Å². The number of hydrogen-bond acceptors (Lipinski definition) is 4. The molecule has 0 atom stereocenters. The minimum Gasteiger partial charge on any atom is -0.312 e. The predicted octanol–water partition coefficient (Wildman–Crippen LogP) is 6.84. The number of hydrogen-bond donors (Lipinski definition) is 0. The molecule has 0 bridgehead atoms. The average molecular weight is 457 g/mol. The molecule has 0 spiro atoms. The maximum Gasteiger partial charge on any atom is 0.283 e. The lowest BCUT2D eigenvalue weighted by molar-refractivity contribution is -0.387. The van der Waals surface area contributed by atoms with Crippen molar-refractivity contribution < 1.29 is 9.72 Å². The zero-order valence-electron chi connectivity index (χ0n) is 15.6. The van der Waals surface area contributed by atoms with Crippen LogP contribution in [-0.2, 0) is 0 Å². The van der Waals surface area contributed by atoms with Crippen LogP contribution in [0.5, 0.6) is 0 Å². The van der Waals surface area contributed by atoms with Gasteiger partial charge >= 0.3 is 0 Å². The number of halogens is 2. The number of fused-ring (bicyclic) bond motifs is 1. The number of benzene rings is 2. The molecular weight excluding hydrogens is 443 g/mol. The van der Waals surface area contributed by atoms with E-state index in [9.17, 15) is 14.9 Å². The third-order valence-corrected chi connectivity index (χ3v) is 6.53. The maximum atomic E-state index is 13.4. The van der Waals surface area contributed by atoms with Gasteiger partial charge < -0.3 is 4.40 Å². The number of nitrogens with zero attached hydrogens (tertiary/aromatic N) is 2. The molecule has 0 aliphatic heterocycles. The summed E-state index contributed by atoms with van der Waals surface area (Å²) in [6.07, 6.45) is 1.79. The Bertz CT molecular complexity index is 1320. The van der Waals surface area contributed by atoms with E-state index in [-0.39, 0.29) is 16.5 Å². The molecule has 2 aromatic carbocycles. The van der Waals surface area contributed by atoms with Crippen LogP contribution in [0.4, 0.5) is 5.69 Å². The normalized spacial score (nSPS) is 11.0. The van der Waals surface area contributed by atoms with Crippen molar-refractivity contribution in [3.8, 4) is 0 Å². The van der Waals surface area contributed by atoms with Crippen LogP contribution in [0.2, 0.25) is 10.0 Å². The van der Waals surface area contributed by atoms with Crippen molar-refractivity contribution in [2.75, 3.05) is 0 Å². The maximum absolute atomic E-state index is 13.4. The molecule has 4 rings (SSSR count). The Kier molecular flexibility index (Phi) is 5.56. The van der Waals surface area contributed by atoms with Gasteiger partial charge in [0.05, 0.1) is 26.1 Å². The van der Waals surface area contributed by atoms with E-state index in [1.807, 2.05) is 25.1 Å². The quantitative estimate of drug-likeness (QED) is 0.187. The fourth-order valence-corrected chi connectivity index (χ4v) is 4.95. The standard InChI is InChI=1S/C22H14Cl2N2O3S/c1-13-20(21(27)15-10-9-14(23)12-16(15)24)25-11-5-4-7-18(25)22(13)30-19-8-3-2-6-17(19)26(28)29/h2-12H,1H3. The summed E-state index contributed by atoms with van der Waals surface area (Å²) in [6.45, 7) is 1.83. The Morgan fingerprint density at radius 1 is 1.07 bits per heavy atom. The molecule has 150 valence electrons. The summed E-state index contributed by atoms with van der Waals surface area (Å²) in [5.74, 6) is -0.246. The van der Waals surface area contributed by atoms with Crippen molar-refractivity contribution in [1.82, 2.24) is 4.40 Å². The molecule has 0 aliphatic carbocycles. The highest BCUT2D eigenvalue weighted by atomic mass is 35.5. The summed E-state index contributed by atoms with van der Waals surface area (Å²) in [4.78, 5) is 25.7. The number of nitro benzene ring substituents is 1. The van der Waals surface area contributed by atoms with Crippen LogP contribution in [0.3, 0.4) is 0 Å². The van der Waals surface area contributed by atoms with Crippen molar-refractivity contribution in [3.05, 3.63) is 104 Å². The summed E-state index contributed by atoms with van der Waals surface area (Å²) in [5, 5.41) is 12.1. The fraction of sp³-hybridized carbons (Fsp3) is 0.0455. The van der Waals surface area contributed by atoms with Gasteiger partial charge in [-0.05, 0) is 48.9 Å². The Balaban J connectivity index is 1.89. The average Bonchev–Trinajstić information content (AvgIpc) is 2.99. The predicted molar refractivity (Wildman–Crippen MR) is 119 cm³/mol. The van der Waals surface area contributed by atoms with Crippen molar-refractivity contribution in [3.63, 3.8) is 0 Å². The summed E-state index contributed by atoms with van der Waals surface area (Å²) in [5.41, 5.74) is 2.32. The molecule has 0 amide bonds. The molecule has 0 N–H and O–H groups in total. The van der Waals surface area contributed by atoms with Gasteiger partial charge in [-0.1, -0.05) is 53.2 Å². The van der Waals surface area contributed by atoms with Crippen LogP contribution in [0.25, 0.3) is 5.52 Å². The number of carbonyl (C=O) groups excluding carboxylic acids is 1. The molecule has 0 unspecified atom stereocenters. The zero-order chi connectivity index (χ0) is 21.4. The third kappa shape index (κ3) is 3.58. The van der Waals surface area contributed by atoms with Gasteiger partial charge in [0.2, 0.25) is 5.78 Å². The number of para-hydroxylation sites is 1. The van der Waals surface area contributed by atoms with E-state index in [1.165, 1.54) is 23.9 Å². The number of carbonyl (C=O) groups is 1.